The maximum atomic E-state index is 11.4. The van der Waals surface area contributed by atoms with Crippen molar-refractivity contribution in [2.75, 3.05) is 12.3 Å². The summed E-state index contributed by atoms with van der Waals surface area (Å²) in [6, 6.07) is 4.87. The van der Waals surface area contributed by atoms with Gasteiger partial charge in [0.2, 0.25) is 5.91 Å². The van der Waals surface area contributed by atoms with Crippen molar-refractivity contribution in [2.24, 2.45) is 0 Å². The van der Waals surface area contributed by atoms with Crippen molar-refractivity contribution in [3.05, 3.63) is 23.9 Å². The average Bonchev–Trinajstić information content (AvgIpc) is 2.37. The van der Waals surface area contributed by atoms with Gasteiger partial charge in [0.15, 0.2) is 0 Å². The van der Waals surface area contributed by atoms with Crippen LogP contribution in [0.5, 0.6) is 0 Å². The van der Waals surface area contributed by atoms with Crippen LogP contribution < -0.4 is 5.32 Å². The third-order valence-electron chi connectivity index (χ3n) is 1.90. The summed E-state index contributed by atoms with van der Waals surface area (Å²) in [4.78, 5) is 26.2. The fourth-order valence-electron chi connectivity index (χ4n) is 1.11. The summed E-state index contributed by atoms with van der Waals surface area (Å²) in [5.74, 6) is -1.25. The van der Waals surface area contributed by atoms with E-state index in [1.165, 1.54) is 18.3 Å². The molecule has 0 unspecified atom stereocenters. The van der Waals surface area contributed by atoms with E-state index in [-0.39, 0.29) is 23.6 Å². The monoisotopic (exact) mass is 265 g/mol. The molecule has 1 amide bonds. The van der Waals surface area contributed by atoms with Gasteiger partial charge in [-0.1, -0.05) is 11.8 Å². The number of nitriles is 1. The standard InChI is InChI=1S/C11H11N3O3S/c12-4-2-6-13-9(15)7-18-10-8(11(16)17)3-1-5-14-10/h1,3,5H,2,6-7H2,(H,13,15)(H,16,17). The number of aromatic nitrogens is 1. The number of amides is 1. The molecule has 94 valence electrons. The van der Waals surface area contributed by atoms with E-state index in [1.54, 1.807) is 0 Å². The molecule has 1 aromatic heterocycles. The Balaban J connectivity index is 2.51. The first-order chi connectivity index (χ1) is 8.65. The predicted octanol–water partition coefficient (Wildman–Crippen LogP) is 0.902. The lowest BCUT2D eigenvalue weighted by Crippen LogP contribution is -2.26. The lowest BCUT2D eigenvalue weighted by molar-refractivity contribution is -0.118. The molecule has 0 spiro atoms. The minimum atomic E-state index is -1.07. The van der Waals surface area contributed by atoms with Gasteiger partial charge in [-0.2, -0.15) is 5.26 Å². The lowest BCUT2D eigenvalue weighted by atomic mass is 10.3. The van der Waals surface area contributed by atoms with E-state index in [0.29, 0.717) is 11.6 Å². The SMILES string of the molecule is N#CCCNC(=O)CSc1ncccc1C(=O)O. The second-order valence-corrected chi connectivity index (χ2v) is 4.17. The molecule has 2 N–H and O–H groups in total. The van der Waals surface area contributed by atoms with E-state index in [4.69, 9.17) is 10.4 Å². The van der Waals surface area contributed by atoms with E-state index in [2.05, 4.69) is 10.3 Å². The van der Waals surface area contributed by atoms with Gasteiger partial charge in [0.25, 0.3) is 0 Å². The molecule has 0 aliphatic carbocycles. The fraction of sp³-hybridized carbons (Fsp3) is 0.273. The molecule has 1 aromatic rings. The number of hydrogen-bond acceptors (Lipinski definition) is 5. The van der Waals surface area contributed by atoms with Gasteiger partial charge in [-0.15, -0.1) is 0 Å². The Hall–Kier alpha value is -2.07. The number of carboxylic acid groups (broad SMARTS) is 1. The molecule has 7 heteroatoms. The molecule has 0 saturated carbocycles. The molecule has 1 heterocycles. The van der Waals surface area contributed by atoms with Crippen LogP contribution in [0, 0.1) is 11.3 Å². The molecular weight excluding hydrogens is 254 g/mol. The molecule has 0 bridgehead atoms. The molecule has 18 heavy (non-hydrogen) atoms. The Morgan fingerprint density at radius 1 is 1.56 bits per heavy atom. The van der Waals surface area contributed by atoms with Gasteiger partial charge in [-0.3, -0.25) is 4.79 Å². The zero-order valence-corrected chi connectivity index (χ0v) is 10.2. The molecule has 0 fully saturated rings. The molecule has 6 nitrogen and oxygen atoms in total. The maximum absolute atomic E-state index is 11.4. The number of hydrogen-bond donors (Lipinski definition) is 2. The van der Waals surface area contributed by atoms with Crippen molar-refractivity contribution in [2.45, 2.75) is 11.4 Å². The molecule has 0 aliphatic heterocycles. The van der Waals surface area contributed by atoms with Crippen molar-refractivity contribution in [1.29, 1.82) is 5.26 Å². The highest BCUT2D eigenvalue weighted by Crippen LogP contribution is 2.19. The second kappa shape index (κ2) is 7.29. The first-order valence-electron chi connectivity index (χ1n) is 5.10. The number of nitrogens with one attached hydrogen (secondary N) is 1. The Morgan fingerprint density at radius 3 is 3.00 bits per heavy atom. The van der Waals surface area contributed by atoms with Gasteiger partial charge in [-0.25, -0.2) is 9.78 Å². The van der Waals surface area contributed by atoms with Crippen LogP contribution in [0.3, 0.4) is 0 Å². The molecule has 0 radical (unpaired) electrons. The number of rotatable bonds is 6. The van der Waals surface area contributed by atoms with E-state index < -0.39 is 5.97 Å². The number of nitrogens with zero attached hydrogens (tertiary/aromatic N) is 2. The van der Waals surface area contributed by atoms with Gasteiger partial charge >= 0.3 is 5.97 Å². The zero-order chi connectivity index (χ0) is 13.4. The molecule has 1 rings (SSSR count). The summed E-state index contributed by atoms with van der Waals surface area (Å²) in [5, 5.41) is 20.1. The molecule has 0 aromatic carbocycles. The smallest absolute Gasteiger partial charge is 0.338 e. The van der Waals surface area contributed by atoms with Crippen LogP contribution in [0.1, 0.15) is 16.8 Å². The minimum absolute atomic E-state index is 0.0721. The molecule has 0 aliphatic rings. The summed E-state index contributed by atoms with van der Waals surface area (Å²) in [6.07, 6.45) is 1.72. The summed E-state index contributed by atoms with van der Waals surface area (Å²) >= 11 is 1.05. The number of carbonyl (C=O) groups is 2. The Kier molecular flexibility index (Phi) is 5.67. The fourth-order valence-corrected chi connectivity index (χ4v) is 1.93. The number of aromatic carboxylic acids is 1. The summed E-state index contributed by atoms with van der Waals surface area (Å²) < 4.78 is 0. The number of pyridine rings is 1. The van der Waals surface area contributed by atoms with Crippen LogP contribution in [0.15, 0.2) is 23.4 Å². The van der Waals surface area contributed by atoms with Crippen LogP contribution in [-0.2, 0) is 4.79 Å². The highest BCUT2D eigenvalue weighted by Gasteiger charge is 2.12. The van der Waals surface area contributed by atoms with Crippen molar-refractivity contribution in [3.8, 4) is 6.07 Å². The normalized spacial score (nSPS) is 9.50. The third kappa shape index (κ3) is 4.43. The van der Waals surface area contributed by atoms with Gasteiger partial charge in [0.05, 0.1) is 23.8 Å². The maximum Gasteiger partial charge on any atom is 0.338 e. The van der Waals surface area contributed by atoms with Gasteiger partial charge in [0, 0.05) is 12.7 Å². The average molecular weight is 265 g/mol. The van der Waals surface area contributed by atoms with Crippen LogP contribution in [-0.4, -0.2) is 34.3 Å². The number of carboxylic acids is 1. The summed E-state index contributed by atoms with van der Waals surface area (Å²) in [5.41, 5.74) is 0.0762. The van der Waals surface area contributed by atoms with E-state index in [1.807, 2.05) is 6.07 Å². The van der Waals surface area contributed by atoms with E-state index in [0.717, 1.165) is 11.8 Å². The van der Waals surface area contributed by atoms with Crippen molar-refractivity contribution < 1.29 is 14.7 Å². The largest absolute Gasteiger partial charge is 0.478 e. The van der Waals surface area contributed by atoms with Crippen LogP contribution >= 0.6 is 11.8 Å². The molecule has 0 atom stereocenters. The summed E-state index contributed by atoms with van der Waals surface area (Å²) in [7, 11) is 0. The second-order valence-electron chi connectivity index (χ2n) is 3.21. The Morgan fingerprint density at radius 2 is 2.33 bits per heavy atom. The number of carbonyl (C=O) groups excluding carboxylic acids is 1. The minimum Gasteiger partial charge on any atom is -0.478 e. The quantitative estimate of drug-likeness (QED) is 0.585. The predicted molar refractivity (Wildman–Crippen MR) is 65.2 cm³/mol. The number of thioether (sulfide) groups is 1. The van der Waals surface area contributed by atoms with Crippen LogP contribution in [0.4, 0.5) is 0 Å². The Bertz CT molecular complexity index is 485. The molecule has 0 saturated heterocycles. The summed E-state index contributed by atoms with van der Waals surface area (Å²) in [6.45, 7) is 0.296. The van der Waals surface area contributed by atoms with E-state index >= 15 is 0 Å². The van der Waals surface area contributed by atoms with Gasteiger partial charge < -0.3 is 10.4 Å². The van der Waals surface area contributed by atoms with Gasteiger partial charge in [-0.05, 0) is 12.1 Å². The lowest BCUT2D eigenvalue weighted by Gasteiger charge is -2.04. The highest BCUT2D eigenvalue weighted by atomic mass is 32.2. The van der Waals surface area contributed by atoms with Crippen molar-refractivity contribution in [3.63, 3.8) is 0 Å². The first-order valence-corrected chi connectivity index (χ1v) is 6.08. The highest BCUT2D eigenvalue weighted by molar-refractivity contribution is 8.00. The first kappa shape index (κ1) is 14.0. The van der Waals surface area contributed by atoms with Crippen molar-refractivity contribution >= 4 is 23.6 Å². The van der Waals surface area contributed by atoms with Gasteiger partial charge in [0.1, 0.15) is 5.03 Å². The molecular formula is C11H11N3O3S. The van der Waals surface area contributed by atoms with Crippen LogP contribution in [0.25, 0.3) is 0 Å². The Labute approximate surface area is 108 Å². The van der Waals surface area contributed by atoms with Crippen molar-refractivity contribution in [1.82, 2.24) is 10.3 Å². The third-order valence-corrected chi connectivity index (χ3v) is 2.91. The van der Waals surface area contributed by atoms with Crippen LogP contribution in [0.2, 0.25) is 0 Å². The zero-order valence-electron chi connectivity index (χ0n) is 9.42. The topological polar surface area (TPSA) is 103 Å². The van der Waals surface area contributed by atoms with E-state index in [9.17, 15) is 9.59 Å².